The molecule has 0 atom stereocenters. The van der Waals surface area contributed by atoms with Crippen molar-refractivity contribution >= 4 is 0 Å². The molecule has 82 valence electrons. The van der Waals surface area contributed by atoms with Crippen LogP contribution >= 0.6 is 0 Å². The smallest absolute Gasteiger partial charge is 0.161 e. The Hall–Kier alpha value is -1.14. The molecule has 0 amide bonds. The highest BCUT2D eigenvalue weighted by Gasteiger charge is 2.07. The molecular weight excluding hydrogens is 204 g/mol. The first kappa shape index (κ1) is 15.3. The molecule has 1 aromatic rings. The summed E-state index contributed by atoms with van der Waals surface area (Å²) < 4.78 is 47.9. The Labute approximate surface area is 78.4 Å². The molecular formula is C8H10F4O2. The first-order valence-corrected chi connectivity index (χ1v) is 3.31. The number of hydrogen-bond donors (Lipinski definition) is 2. The third kappa shape index (κ3) is 4.78. The summed E-state index contributed by atoms with van der Waals surface area (Å²) in [4.78, 5) is 0. The van der Waals surface area contributed by atoms with E-state index in [-0.39, 0.29) is 12.1 Å². The molecule has 0 saturated carbocycles. The predicted octanol–water partition coefficient (Wildman–Crippen LogP) is 1.46. The number of rotatable bonds is 0. The molecule has 0 saturated heterocycles. The highest BCUT2D eigenvalue weighted by atomic mass is 19.2. The molecule has 0 spiro atoms. The van der Waals surface area contributed by atoms with Crippen molar-refractivity contribution in [2.75, 3.05) is 14.2 Å². The van der Waals surface area contributed by atoms with Gasteiger partial charge < -0.3 is 10.2 Å². The maximum absolute atomic E-state index is 12.0. The van der Waals surface area contributed by atoms with Crippen molar-refractivity contribution in [1.82, 2.24) is 0 Å². The fourth-order valence-corrected chi connectivity index (χ4v) is 0.498. The topological polar surface area (TPSA) is 40.5 Å². The number of aliphatic hydroxyl groups is 2. The second-order valence-corrected chi connectivity index (χ2v) is 1.68. The van der Waals surface area contributed by atoms with Gasteiger partial charge in [-0.3, -0.25) is 0 Å². The lowest BCUT2D eigenvalue weighted by molar-refractivity contribution is 0.399. The predicted molar refractivity (Wildman–Crippen MR) is 42.6 cm³/mol. The standard InChI is InChI=1S/C6H2F4.2CH4O/c7-3-1-4(8)6(10)2-5(3)9;2*1-2/h1-2H;2*2H,1H3. The minimum Gasteiger partial charge on any atom is -0.400 e. The molecule has 2 nitrogen and oxygen atoms in total. The van der Waals surface area contributed by atoms with E-state index in [0.29, 0.717) is 0 Å². The Morgan fingerprint density at radius 1 is 0.643 bits per heavy atom. The van der Waals surface area contributed by atoms with E-state index in [2.05, 4.69) is 0 Å². The number of halogens is 4. The molecule has 0 aliphatic rings. The van der Waals surface area contributed by atoms with E-state index in [4.69, 9.17) is 10.2 Å². The third-order valence-corrected chi connectivity index (χ3v) is 0.963. The van der Waals surface area contributed by atoms with Crippen LogP contribution in [0, 0.1) is 23.3 Å². The van der Waals surface area contributed by atoms with Gasteiger partial charge in [0.25, 0.3) is 0 Å². The Morgan fingerprint density at radius 3 is 0.929 bits per heavy atom. The quantitative estimate of drug-likeness (QED) is 0.507. The van der Waals surface area contributed by atoms with Gasteiger partial charge in [0.2, 0.25) is 0 Å². The third-order valence-electron chi connectivity index (χ3n) is 0.963. The second kappa shape index (κ2) is 8.46. The van der Waals surface area contributed by atoms with Crippen LogP contribution in [-0.2, 0) is 0 Å². The Bertz CT molecular complexity index is 216. The molecule has 0 aromatic heterocycles. The van der Waals surface area contributed by atoms with E-state index < -0.39 is 23.3 Å². The molecule has 6 heteroatoms. The summed E-state index contributed by atoms with van der Waals surface area (Å²) in [6, 6.07) is 0.315. The van der Waals surface area contributed by atoms with Crippen LogP contribution in [-0.4, -0.2) is 24.4 Å². The molecule has 1 aromatic carbocycles. The van der Waals surface area contributed by atoms with Gasteiger partial charge in [0.15, 0.2) is 23.3 Å². The van der Waals surface area contributed by atoms with Gasteiger partial charge in [0, 0.05) is 26.4 Å². The maximum atomic E-state index is 12.0. The monoisotopic (exact) mass is 214 g/mol. The highest BCUT2D eigenvalue weighted by molar-refractivity contribution is 5.10. The van der Waals surface area contributed by atoms with Crippen molar-refractivity contribution < 1.29 is 27.8 Å². The van der Waals surface area contributed by atoms with Crippen molar-refractivity contribution in [3.05, 3.63) is 35.4 Å². The van der Waals surface area contributed by atoms with Gasteiger partial charge in [-0.05, 0) is 0 Å². The molecule has 0 unspecified atom stereocenters. The van der Waals surface area contributed by atoms with Gasteiger partial charge in [-0.15, -0.1) is 0 Å². The van der Waals surface area contributed by atoms with Gasteiger partial charge in [-0.25, -0.2) is 17.6 Å². The summed E-state index contributed by atoms with van der Waals surface area (Å²) in [5.41, 5.74) is 0. The van der Waals surface area contributed by atoms with Crippen LogP contribution < -0.4 is 0 Å². The van der Waals surface area contributed by atoms with E-state index in [0.717, 1.165) is 14.2 Å². The van der Waals surface area contributed by atoms with Crippen molar-refractivity contribution in [3.63, 3.8) is 0 Å². The summed E-state index contributed by atoms with van der Waals surface area (Å²) in [5.74, 6) is -5.56. The number of aliphatic hydroxyl groups excluding tert-OH is 2. The van der Waals surface area contributed by atoms with Crippen LogP contribution in [0.1, 0.15) is 0 Å². The molecule has 0 aliphatic carbocycles. The molecule has 0 heterocycles. The Morgan fingerprint density at radius 2 is 0.786 bits per heavy atom. The Balaban J connectivity index is 0. The van der Waals surface area contributed by atoms with Crippen molar-refractivity contribution in [2.24, 2.45) is 0 Å². The fraction of sp³-hybridized carbons (Fsp3) is 0.250. The lowest BCUT2D eigenvalue weighted by Gasteiger charge is -1.92. The molecule has 0 fully saturated rings. The van der Waals surface area contributed by atoms with Crippen LogP contribution in [0.2, 0.25) is 0 Å². The molecule has 0 radical (unpaired) electrons. The minimum absolute atomic E-state index is 0.157. The summed E-state index contributed by atoms with van der Waals surface area (Å²) in [5, 5.41) is 14.0. The molecule has 1 rings (SSSR count). The minimum atomic E-state index is -1.39. The SMILES string of the molecule is CO.CO.Fc1cc(F)c(F)cc1F. The zero-order valence-corrected chi connectivity index (χ0v) is 7.56. The highest BCUT2D eigenvalue weighted by Crippen LogP contribution is 2.11. The summed E-state index contributed by atoms with van der Waals surface area (Å²) in [7, 11) is 2.00. The zero-order chi connectivity index (χ0) is 11.7. The molecule has 2 N–H and O–H groups in total. The molecule has 0 bridgehead atoms. The van der Waals surface area contributed by atoms with Gasteiger partial charge in [-0.1, -0.05) is 0 Å². The fourth-order valence-electron chi connectivity index (χ4n) is 0.498. The lowest BCUT2D eigenvalue weighted by atomic mass is 10.3. The largest absolute Gasteiger partial charge is 0.400 e. The van der Waals surface area contributed by atoms with Crippen LogP contribution in [0.25, 0.3) is 0 Å². The number of hydrogen-bond acceptors (Lipinski definition) is 2. The van der Waals surface area contributed by atoms with E-state index in [1.807, 2.05) is 0 Å². The normalized spacial score (nSPS) is 8.00. The maximum Gasteiger partial charge on any atom is 0.161 e. The first-order valence-electron chi connectivity index (χ1n) is 3.31. The van der Waals surface area contributed by atoms with Crippen molar-refractivity contribution in [2.45, 2.75) is 0 Å². The van der Waals surface area contributed by atoms with Gasteiger partial charge in [0.05, 0.1) is 0 Å². The summed E-state index contributed by atoms with van der Waals surface area (Å²) in [6.45, 7) is 0. The van der Waals surface area contributed by atoms with Crippen LogP contribution in [0.4, 0.5) is 17.6 Å². The average molecular weight is 214 g/mol. The van der Waals surface area contributed by atoms with Crippen molar-refractivity contribution in [3.8, 4) is 0 Å². The van der Waals surface area contributed by atoms with Gasteiger partial charge in [-0.2, -0.15) is 0 Å². The average Bonchev–Trinajstić information content (AvgIpc) is 2.21. The molecule has 14 heavy (non-hydrogen) atoms. The van der Waals surface area contributed by atoms with Crippen molar-refractivity contribution in [1.29, 1.82) is 0 Å². The molecule has 0 aliphatic heterocycles. The van der Waals surface area contributed by atoms with Crippen LogP contribution in [0.5, 0.6) is 0 Å². The van der Waals surface area contributed by atoms with E-state index >= 15 is 0 Å². The van der Waals surface area contributed by atoms with E-state index in [1.54, 1.807) is 0 Å². The van der Waals surface area contributed by atoms with Gasteiger partial charge in [0.1, 0.15) is 0 Å². The first-order chi connectivity index (χ1) is 6.61. The summed E-state index contributed by atoms with van der Waals surface area (Å²) in [6.07, 6.45) is 0. The Kier molecular flexibility index (Phi) is 9.27. The van der Waals surface area contributed by atoms with E-state index in [9.17, 15) is 17.6 Å². The van der Waals surface area contributed by atoms with Crippen LogP contribution in [0.3, 0.4) is 0 Å². The number of benzene rings is 1. The van der Waals surface area contributed by atoms with Crippen LogP contribution in [0.15, 0.2) is 12.1 Å². The second-order valence-electron chi connectivity index (χ2n) is 1.68. The zero-order valence-electron chi connectivity index (χ0n) is 7.56. The van der Waals surface area contributed by atoms with Gasteiger partial charge >= 0.3 is 0 Å². The summed E-state index contributed by atoms with van der Waals surface area (Å²) >= 11 is 0. The lowest BCUT2D eigenvalue weighted by Crippen LogP contribution is -1.90. The van der Waals surface area contributed by atoms with E-state index in [1.165, 1.54) is 0 Å².